The molecule has 0 aromatic heterocycles. The first-order valence-corrected chi connectivity index (χ1v) is 13.3. The van der Waals surface area contributed by atoms with Gasteiger partial charge in [-0.1, -0.05) is 32.9 Å². The second-order valence-corrected chi connectivity index (χ2v) is 12.0. The molecular weight excluding hydrogens is 555 g/mol. The van der Waals surface area contributed by atoms with E-state index in [0.29, 0.717) is 28.7 Å². The molecule has 35 heavy (non-hydrogen) atoms. The van der Waals surface area contributed by atoms with Crippen LogP contribution in [0.15, 0.2) is 84.9 Å². The van der Waals surface area contributed by atoms with Gasteiger partial charge in [-0.05, 0) is 71.6 Å². The van der Waals surface area contributed by atoms with Crippen LogP contribution in [0.25, 0.3) is 0 Å². The Morgan fingerprint density at radius 1 is 0.629 bits per heavy atom. The molecule has 0 radical (unpaired) electrons. The number of aromatic hydroxyl groups is 2. The molecule has 2 N–H and O–H groups in total. The van der Waals surface area contributed by atoms with E-state index in [-0.39, 0.29) is 16.9 Å². The van der Waals surface area contributed by atoms with Crippen LogP contribution in [0, 0.1) is 7.14 Å². The van der Waals surface area contributed by atoms with Crippen molar-refractivity contribution >= 4 is 0 Å². The number of phenols is 2. The maximum absolute atomic E-state index is 9.62. The highest BCUT2D eigenvalue weighted by molar-refractivity contribution is 5.54. The zero-order chi connectivity index (χ0) is 25.0. The number of halogens is 1. The number of methoxy groups -OCH3 is 1. The third-order valence-electron chi connectivity index (χ3n) is 5.25. The van der Waals surface area contributed by atoms with Crippen molar-refractivity contribution in [2.45, 2.75) is 26.2 Å². The van der Waals surface area contributed by atoms with Gasteiger partial charge in [0.2, 0.25) is 9.32 Å². The van der Waals surface area contributed by atoms with Crippen molar-refractivity contribution in [3.63, 3.8) is 0 Å². The van der Waals surface area contributed by atoms with Crippen LogP contribution < -0.4 is 35.4 Å². The SMILES string of the molecule is COc1c(Oc2ccc(O)cc2)cc([I+]c2ccc(C(C)(C)C)cc2)cc1Oc1ccc(O)cc1. The van der Waals surface area contributed by atoms with E-state index >= 15 is 0 Å². The summed E-state index contributed by atoms with van der Waals surface area (Å²) >= 11 is -0.531. The topological polar surface area (TPSA) is 68.2 Å². The van der Waals surface area contributed by atoms with Crippen LogP contribution in [0.4, 0.5) is 0 Å². The lowest BCUT2D eigenvalue weighted by Crippen LogP contribution is -3.61. The molecule has 0 fully saturated rings. The Hall–Kier alpha value is -3.39. The molecule has 4 rings (SSSR count). The monoisotopic (exact) mass is 583 g/mol. The molecule has 0 saturated carbocycles. The third kappa shape index (κ3) is 6.39. The second kappa shape index (κ2) is 10.5. The molecule has 0 unspecified atom stereocenters. The Morgan fingerprint density at radius 2 is 1.09 bits per heavy atom. The molecule has 0 amide bonds. The largest absolute Gasteiger partial charge is 0.508 e. The predicted molar refractivity (Wildman–Crippen MR) is 132 cm³/mol. The molecule has 0 heterocycles. The molecule has 180 valence electrons. The molecule has 4 aromatic rings. The molecular formula is C29H28IO5+. The summed E-state index contributed by atoms with van der Waals surface area (Å²) in [5.41, 5.74) is 1.40. The fraction of sp³-hybridized carbons (Fsp3) is 0.172. The number of rotatable bonds is 7. The highest BCUT2D eigenvalue weighted by atomic mass is 127. The minimum absolute atomic E-state index is 0.104. The van der Waals surface area contributed by atoms with Crippen molar-refractivity contribution in [2.24, 2.45) is 0 Å². The minimum atomic E-state index is -0.531. The van der Waals surface area contributed by atoms with Crippen molar-refractivity contribution in [3.8, 4) is 40.2 Å². The summed E-state index contributed by atoms with van der Waals surface area (Å²) in [6, 6.07) is 25.8. The van der Waals surface area contributed by atoms with E-state index < -0.39 is 21.2 Å². The lowest BCUT2D eigenvalue weighted by molar-refractivity contribution is -0.597. The van der Waals surface area contributed by atoms with E-state index in [1.807, 2.05) is 12.1 Å². The van der Waals surface area contributed by atoms with Crippen LogP contribution in [0.3, 0.4) is 0 Å². The van der Waals surface area contributed by atoms with E-state index in [9.17, 15) is 10.2 Å². The molecule has 0 saturated heterocycles. The third-order valence-corrected chi connectivity index (χ3v) is 7.83. The van der Waals surface area contributed by atoms with Crippen LogP contribution in [0.2, 0.25) is 0 Å². The zero-order valence-corrected chi connectivity index (χ0v) is 22.2. The smallest absolute Gasteiger partial charge is 0.358 e. The minimum Gasteiger partial charge on any atom is -0.508 e. The van der Waals surface area contributed by atoms with Crippen molar-refractivity contribution in [1.29, 1.82) is 0 Å². The summed E-state index contributed by atoms with van der Waals surface area (Å²) in [7, 11) is 1.57. The number of hydrogen-bond donors (Lipinski definition) is 2. The van der Waals surface area contributed by atoms with Crippen LogP contribution in [0.5, 0.6) is 40.2 Å². The predicted octanol–water partition coefficient (Wildman–Crippen LogP) is 4.12. The summed E-state index contributed by atoms with van der Waals surface area (Å²) in [5.74, 6) is 2.98. The summed E-state index contributed by atoms with van der Waals surface area (Å²) in [4.78, 5) is 0. The van der Waals surface area contributed by atoms with Gasteiger partial charge in [0.1, 0.15) is 23.0 Å². The highest BCUT2D eigenvalue weighted by Gasteiger charge is 2.25. The lowest BCUT2D eigenvalue weighted by atomic mass is 9.87. The lowest BCUT2D eigenvalue weighted by Gasteiger charge is -2.18. The van der Waals surface area contributed by atoms with Crippen LogP contribution in [-0.4, -0.2) is 17.3 Å². The Kier molecular flexibility index (Phi) is 7.40. The van der Waals surface area contributed by atoms with Gasteiger partial charge in [0.05, 0.1) is 7.11 Å². The first-order chi connectivity index (χ1) is 16.7. The Labute approximate surface area is 216 Å². The van der Waals surface area contributed by atoms with E-state index in [4.69, 9.17) is 14.2 Å². The average molecular weight is 583 g/mol. The van der Waals surface area contributed by atoms with Crippen LogP contribution in [-0.2, 0) is 5.41 Å². The van der Waals surface area contributed by atoms with Crippen molar-refractivity contribution in [2.75, 3.05) is 7.11 Å². The van der Waals surface area contributed by atoms with Gasteiger partial charge in [-0.2, -0.15) is 0 Å². The molecule has 0 aliphatic rings. The normalized spacial score (nSPS) is 11.2. The van der Waals surface area contributed by atoms with Crippen LogP contribution in [0.1, 0.15) is 26.3 Å². The average Bonchev–Trinajstić information content (AvgIpc) is 2.82. The fourth-order valence-corrected chi connectivity index (χ4v) is 5.69. The number of ether oxygens (including phenoxy) is 3. The summed E-state index contributed by atoms with van der Waals surface area (Å²) in [5, 5.41) is 19.2. The van der Waals surface area contributed by atoms with Gasteiger partial charge in [0.15, 0.2) is 15.1 Å². The first kappa shape index (κ1) is 24.7. The van der Waals surface area contributed by atoms with Gasteiger partial charge in [0.25, 0.3) is 0 Å². The summed E-state index contributed by atoms with van der Waals surface area (Å²) in [6.07, 6.45) is 0. The maximum atomic E-state index is 9.62. The van der Waals surface area contributed by atoms with Crippen molar-refractivity contribution in [1.82, 2.24) is 0 Å². The fourth-order valence-electron chi connectivity index (χ4n) is 3.37. The van der Waals surface area contributed by atoms with Gasteiger partial charge in [-0.15, -0.1) is 0 Å². The van der Waals surface area contributed by atoms with E-state index in [2.05, 4.69) is 45.0 Å². The number of benzene rings is 4. The first-order valence-electron chi connectivity index (χ1n) is 11.1. The quantitative estimate of drug-likeness (QED) is 0.321. The molecule has 0 bridgehead atoms. The van der Waals surface area contributed by atoms with Gasteiger partial charge in [-0.25, -0.2) is 0 Å². The Morgan fingerprint density at radius 3 is 1.49 bits per heavy atom. The van der Waals surface area contributed by atoms with Gasteiger partial charge < -0.3 is 24.4 Å². The molecule has 6 heteroatoms. The Bertz CT molecular complexity index is 1210. The summed E-state index contributed by atoms with van der Waals surface area (Å²) in [6.45, 7) is 6.63. The molecule has 0 aliphatic heterocycles. The van der Waals surface area contributed by atoms with Gasteiger partial charge >= 0.3 is 21.2 Å². The van der Waals surface area contributed by atoms with Crippen molar-refractivity contribution in [3.05, 3.63) is 97.6 Å². The summed E-state index contributed by atoms with van der Waals surface area (Å²) < 4.78 is 20.4. The van der Waals surface area contributed by atoms with Gasteiger partial charge in [-0.3, -0.25) is 0 Å². The van der Waals surface area contributed by atoms with E-state index in [1.165, 1.54) is 9.13 Å². The highest BCUT2D eigenvalue weighted by Crippen LogP contribution is 2.41. The molecule has 4 aromatic carbocycles. The van der Waals surface area contributed by atoms with Crippen molar-refractivity contribution < 1.29 is 45.6 Å². The standard InChI is InChI=1S/C29H27IO5/c1-29(2,3)19-5-7-20(8-6-19)30-21-17-26(34-24-13-9-22(31)10-14-24)28(33-4)27(18-21)35-25-15-11-23(32)12-16-25/h5-18H,1-4H3,(H-,31,32)/p+1. The van der Waals surface area contributed by atoms with Crippen LogP contribution >= 0.6 is 0 Å². The molecule has 0 atom stereocenters. The second-order valence-electron chi connectivity index (χ2n) is 8.98. The number of phenolic OH excluding ortho intramolecular Hbond substituents is 2. The number of hydrogen-bond acceptors (Lipinski definition) is 5. The van der Waals surface area contributed by atoms with Gasteiger partial charge in [0, 0.05) is 12.1 Å². The maximum Gasteiger partial charge on any atom is 0.358 e. The zero-order valence-electron chi connectivity index (χ0n) is 20.1. The van der Waals surface area contributed by atoms with E-state index in [0.717, 1.165) is 3.57 Å². The molecule has 5 nitrogen and oxygen atoms in total. The Balaban J connectivity index is 1.71. The molecule has 0 aliphatic carbocycles. The van der Waals surface area contributed by atoms with E-state index in [1.54, 1.807) is 55.6 Å². The molecule has 0 spiro atoms.